The lowest BCUT2D eigenvalue weighted by Crippen LogP contribution is -2.52. The van der Waals surface area contributed by atoms with Crippen molar-refractivity contribution in [2.75, 3.05) is 25.4 Å². The van der Waals surface area contributed by atoms with E-state index in [4.69, 9.17) is 9.90 Å². The number of likely N-dealkylation sites (tertiary alicyclic amines) is 1. The van der Waals surface area contributed by atoms with Crippen molar-refractivity contribution in [1.29, 1.82) is 0 Å². The number of carbonyl (C=O) groups is 2. The number of halogens is 3. The van der Waals surface area contributed by atoms with Crippen LogP contribution in [0.5, 0.6) is 0 Å². The minimum atomic E-state index is -5.08. The van der Waals surface area contributed by atoms with Gasteiger partial charge in [0, 0.05) is 62.4 Å². The zero-order valence-corrected chi connectivity index (χ0v) is 22.2. The van der Waals surface area contributed by atoms with E-state index in [2.05, 4.69) is 23.9 Å². The predicted octanol–water partition coefficient (Wildman–Crippen LogP) is 3.05. The minimum Gasteiger partial charge on any atom is -0.475 e. The summed E-state index contributed by atoms with van der Waals surface area (Å²) in [5.41, 5.74) is 1.16. The first-order valence-electron chi connectivity index (χ1n) is 12.2. The molecule has 1 spiro atoms. The van der Waals surface area contributed by atoms with Gasteiger partial charge in [0.05, 0.1) is 11.2 Å². The molecule has 2 aliphatic heterocycles. The second kappa shape index (κ2) is 11.4. The van der Waals surface area contributed by atoms with Crippen molar-refractivity contribution in [3.05, 3.63) is 48.0 Å². The number of piperidine rings is 1. The number of sulfonamides is 1. The largest absolute Gasteiger partial charge is 0.490 e. The van der Waals surface area contributed by atoms with Crippen LogP contribution in [0.4, 0.5) is 13.2 Å². The van der Waals surface area contributed by atoms with E-state index in [0.717, 1.165) is 17.7 Å². The van der Waals surface area contributed by atoms with Crippen LogP contribution in [-0.2, 0) is 26.2 Å². The number of aliphatic carboxylic acids is 1. The first-order valence-corrected chi connectivity index (χ1v) is 13.8. The number of carboxylic acids is 1. The number of rotatable bonds is 6. The molecule has 0 unspecified atom stereocenters. The molecule has 14 heteroatoms. The van der Waals surface area contributed by atoms with Crippen LogP contribution < -0.4 is 0 Å². The van der Waals surface area contributed by atoms with Crippen LogP contribution in [0.15, 0.2) is 36.8 Å². The molecule has 0 saturated carbocycles. The monoisotopic (exact) mass is 559 g/mol. The maximum absolute atomic E-state index is 14.0. The Bertz CT molecular complexity index is 1240. The summed E-state index contributed by atoms with van der Waals surface area (Å²) in [5.74, 6) is -2.90. The number of carboxylic acid groups (broad SMARTS) is 1. The van der Waals surface area contributed by atoms with E-state index in [0.29, 0.717) is 26.1 Å². The molecule has 2 atom stereocenters. The molecule has 0 radical (unpaired) electrons. The van der Waals surface area contributed by atoms with Crippen LogP contribution in [0.3, 0.4) is 0 Å². The Hall–Kier alpha value is -3.00. The van der Waals surface area contributed by atoms with Gasteiger partial charge in [-0.05, 0) is 51.3 Å². The average molecular weight is 560 g/mol. The van der Waals surface area contributed by atoms with E-state index in [9.17, 15) is 26.4 Å². The summed E-state index contributed by atoms with van der Waals surface area (Å²) in [6, 6.07) is 5.91. The van der Waals surface area contributed by atoms with E-state index in [1.54, 1.807) is 25.5 Å². The fourth-order valence-corrected chi connectivity index (χ4v) is 6.28. The number of pyridine rings is 1. The molecule has 38 heavy (non-hydrogen) atoms. The molecule has 2 aromatic rings. The number of nitrogens with zero attached hydrogens (tertiary/aromatic N) is 5. The molecular formula is C24H32F3N5O5S. The number of amides is 1. The van der Waals surface area contributed by atoms with Gasteiger partial charge in [-0.2, -0.15) is 18.3 Å². The number of hydrogen-bond donors (Lipinski definition) is 1. The van der Waals surface area contributed by atoms with Crippen molar-refractivity contribution in [2.24, 2.45) is 5.41 Å². The van der Waals surface area contributed by atoms with E-state index < -0.39 is 27.6 Å². The SMILES string of the molecule is CCS(=O)(=O)N1C[C@@H](c2ccnn2C(C)C)[C@@]2(CCCN(Cc3cccnc3)C2=O)C1.O=C(O)C(F)(F)F. The quantitative estimate of drug-likeness (QED) is 0.577. The third-order valence-corrected chi connectivity index (χ3v) is 8.71. The lowest BCUT2D eigenvalue weighted by atomic mass is 9.70. The van der Waals surface area contributed by atoms with Crippen LogP contribution >= 0.6 is 0 Å². The van der Waals surface area contributed by atoms with Crippen molar-refractivity contribution < 1.29 is 36.3 Å². The maximum atomic E-state index is 14.0. The second-order valence-electron chi connectivity index (χ2n) is 9.69. The molecule has 1 N–H and O–H groups in total. The van der Waals surface area contributed by atoms with Gasteiger partial charge >= 0.3 is 12.1 Å². The Kier molecular flexibility index (Phi) is 8.86. The molecule has 0 aliphatic carbocycles. The van der Waals surface area contributed by atoms with Crippen molar-refractivity contribution in [1.82, 2.24) is 24.0 Å². The van der Waals surface area contributed by atoms with Crippen molar-refractivity contribution in [3.63, 3.8) is 0 Å². The number of alkyl halides is 3. The first kappa shape index (κ1) is 29.6. The highest BCUT2D eigenvalue weighted by molar-refractivity contribution is 7.89. The van der Waals surface area contributed by atoms with Gasteiger partial charge in [0.2, 0.25) is 15.9 Å². The van der Waals surface area contributed by atoms with Crippen LogP contribution in [0.2, 0.25) is 0 Å². The number of hydrogen-bond acceptors (Lipinski definition) is 6. The molecule has 10 nitrogen and oxygen atoms in total. The van der Waals surface area contributed by atoms with Crippen molar-refractivity contribution in [2.45, 2.75) is 58.3 Å². The van der Waals surface area contributed by atoms with E-state index in [1.807, 2.05) is 27.8 Å². The highest BCUT2D eigenvalue weighted by Crippen LogP contribution is 2.50. The van der Waals surface area contributed by atoms with Gasteiger partial charge in [0.15, 0.2) is 0 Å². The normalized spacial score (nSPS) is 22.6. The Labute approximate surface area is 219 Å². The molecule has 2 aromatic heterocycles. The van der Waals surface area contributed by atoms with Crippen molar-refractivity contribution in [3.8, 4) is 0 Å². The summed E-state index contributed by atoms with van der Waals surface area (Å²) in [5, 5.41) is 11.6. The van der Waals surface area contributed by atoms with Gasteiger partial charge < -0.3 is 10.0 Å². The first-order chi connectivity index (χ1) is 17.7. The number of aromatic nitrogens is 3. The summed E-state index contributed by atoms with van der Waals surface area (Å²) in [4.78, 5) is 28.9. The molecule has 2 fully saturated rings. The molecule has 1 amide bonds. The van der Waals surface area contributed by atoms with Crippen LogP contribution in [0.1, 0.15) is 56.8 Å². The van der Waals surface area contributed by atoms with Crippen molar-refractivity contribution >= 4 is 21.9 Å². The van der Waals surface area contributed by atoms with Crippen LogP contribution in [-0.4, -0.2) is 80.9 Å². The van der Waals surface area contributed by atoms with E-state index in [1.165, 1.54) is 4.31 Å². The lowest BCUT2D eigenvalue weighted by Gasteiger charge is -2.42. The Morgan fingerprint density at radius 2 is 1.95 bits per heavy atom. The Morgan fingerprint density at radius 1 is 1.26 bits per heavy atom. The van der Waals surface area contributed by atoms with Gasteiger partial charge in [0.1, 0.15) is 0 Å². The van der Waals surface area contributed by atoms with E-state index >= 15 is 0 Å². The molecule has 4 heterocycles. The summed E-state index contributed by atoms with van der Waals surface area (Å²) in [7, 11) is -3.41. The predicted molar refractivity (Wildman–Crippen MR) is 131 cm³/mol. The maximum Gasteiger partial charge on any atom is 0.490 e. The van der Waals surface area contributed by atoms with Gasteiger partial charge in [0.25, 0.3) is 0 Å². The zero-order valence-electron chi connectivity index (χ0n) is 21.4. The number of carbonyl (C=O) groups excluding carboxylic acids is 1. The van der Waals surface area contributed by atoms with Crippen LogP contribution in [0.25, 0.3) is 0 Å². The van der Waals surface area contributed by atoms with E-state index in [-0.39, 0.29) is 30.2 Å². The second-order valence-corrected chi connectivity index (χ2v) is 11.9. The minimum absolute atomic E-state index is 0.0346. The summed E-state index contributed by atoms with van der Waals surface area (Å²) in [6.45, 7) is 7.48. The van der Waals surface area contributed by atoms with Gasteiger partial charge in [-0.15, -0.1) is 0 Å². The third-order valence-electron chi connectivity index (χ3n) is 6.92. The summed E-state index contributed by atoms with van der Waals surface area (Å²) in [6.07, 6.45) is 1.69. The smallest absolute Gasteiger partial charge is 0.475 e. The highest BCUT2D eigenvalue weighted by atomic mass is 32.2. The molecule has 210 valence electrons. The Morgan fingerprint density at radius 3 is 2.50 bits per heavy atom. The highest BCUT2D eigenvalue weighted by Gasteiger charge is 2.58. The van der Waals surface area contributed by atoms with Gasteiger partial charge in [-0.25, -0.2) is 17.5 Å². The van der Waals surface area contributed by atoms with Crippen LogP contribution in [0, 0.1) is 5.41 Å². The molecule has 0 bridgehead atoms. The third kappa shape index (κ3) is 6.17. The molecular weight excluding hydrogens is 527 g/mol. The molecule has 2 aliphatic rings. The topological polar surface area (TPSA) is 126 Å². The molecule has 4 rings (SSSR count). The molecule has 0 aromatic carbocycles. The lowest BCUT2D eigenvalue weighted by molar-refractivity contribution is -0.192. The summed E-state index contributed by atoms with van der Waals surface area (Å²) < 4.78 is 60.8. The fourth-order valence-electron chi connectivity index (χ4n) is 5.11. The molecule has 2 saturated heterocycles. The van der Waals surface area contributed by atoms with Gasteiger partial charge in [-0.3, -0.25) is 14.5 Å². The standard InChI is InChI=1S/C22H31N5O3S.C2HF3O2/c1-4-31(29,30)26-15-19(20-8-11-24-27(20)17(2)3)22(16-26)9-6-12-25(21(22)28)14-18-7-5-10-23-13-18;3-2(4,5)1(6)7/h5,7-8,10-11,13,17,19H,4,6,9,12,14-16H2,1-3H3;(H,6,7)/t19-,22+;/m0./s1. The Balaban J connectivity index is 0.000000505. The van der Waals surface area contributed by atoms with Gasteiger partial charge in [-0.1, -0.05) is 6.07 Å². The zero-order chi connectivity index (χ0) is 28.3. The summed E-state index contributed by atoms with van der Waals surface area (Å²) >= 11 is 0. The fraction of sp³-hybridized carbons (Fsp3) is 0.583. The average Bonchev–Trinajstić information content (AvgIpc) is 3.48.